The molecule has 0 aromatic heterocycles. The van der Waals surface area contributed by atoms with Crippen LogP contribution >= 0.6 is 11.8 Å². The molecule has 0 bridgehead atoms. The summed E-state index contributed by atoms with van der Waals surface area (Å²) < 4.78 is 13.9. The number of β-amino-alcohol motifs (C(OH)–C–C–N with tert-alkyl or cyclic N) is 1. The van der Waals surface area contributed by atoms with E-state index in [1.165, 1.54) is 13.8 Å². The number of nitrogens with zero attached hydrogens (tertiary/aromatic N) is 1. The average Bonchev–Trinajstić information content (AvgIpc) is 4.07. The standard InChI is InChI=1S/C53H90N12O17S2/c1-8-30(3)46(63-43(72)16-20-56-33(6)67)52(80)59-26-44(73)61-38(50(78)62-37(25-41(54)70)53(81)65-27-36(68)24-39(65)51(79)64-47(48(55)76)32(5)40(69)28-66)29-84(82)34(7)60-31(4)17-22-83-21-14-13-18-57-42(71)15-11-10-12-19-58-49(77)35(9-2)23-45(74)75/h17,30,32,35-40,46-47,60,66,68-69H,7-16,18-29H2,1-6H3,(H2,54,70)(H2,55,76)(H,56,67)(H,57,71)(H,58,77)(H,59,80)(H,61,73)(H,62,78)(H,63,72)(H,64,79)(H,74,75)/b31-17-/t30-,32-,35?,36+,37-,38-,39-,40-,46-,47-,84?/m0/s1. The fourth-order valence-corrected chi connectivity index (χ4v) is 10.3. The molecule has 84 heavy (non-hydrogen) atoms. The molecule has 0 aromatic carbocycles. The molecule has 1 saturated heterocycles. The lowest BCUT2D eigenvalue weighted by Gasteiger charge is -2.31. The van der Waals surface area contributed by atoms with Crippen LogP contribution in [0.25, 0.3) is 0 Å². The summed E-state index contributed by atoms with van der Waals surface area (Å²) >= 11 is -0.613. The number of thioether (sulfide) groups is 1. The monoisotopic (exact) mass is 1230 g/mol. The molecule has 1 fully saturated rings. The van der Waals surface area contributed by atoms with Crippen LogP contribution < -0.4 is 59.3 Å². The van der Waals surface area contributed by atoms with Crippen molar-refractivity contribution < 1.29 is 82.5 Å². The summed E-state index contributed by atoms with van der Waals surface area (Å²) in [5, 5.41) is 62.1. The highest BCUT2D eigenvalue weighted by molar-refractivity contribution is 7.99. The number of amides is 11. The van der Waals surface area contributed by atoms with Gasteiger partial charge in [0.2, 0.25) is 70.0 Å². The SMILES string of the molecule is C=C(N/C(C)=C\CSCCCCNC(=O)CCCCCNC(=O)C(CC)CC(=O)O)[S+]([O-])C[C@H](NC(=O)CNC(=O)[C@@H](NC(=O)CCNC(C)=O)[C@@H](C)CC)C(=O)N[C@@H](CC(N)=O)C(=O)N1C[C@H](O)C[C@H]1C(=O)N[C@H](C(N)=O)[C@@H](C)[C@@H](O)CO. The van der Waals surface area contributed by atoms with Crippen molar-refractivity contribution in [3.8, 4) is 0 Å². The molecule has 1 rings (SSSR count). The number of nitrogens with one attached hydrogen (secondary N) is 9. The molecule has 31 heteroatoms. The Kier molecular flexibility index (Phi) is 36.5. The van der Waals surface area contributed by atoms with Crippen molar-refractivity contribution in [1.82, 2.24) is 52.8 Å². The van der Waals surface area contributed by atoms with Crippen LogP contribution in [0.1, 0.15) is 119 Å². The number of carboxylic acids is 1. The highest BCUT2D eigenvalue weighted by Crippen LogP contribution is 2.22. The number of allylic oxidation sites excluding steroid dienone is 1. The maximum absolute atomic E-state index is 14.2. The van der Waals surface area contributed by atoms with Crippen LogP contribution in [0.3, 0.4) is 0 Å². The third kappa shape index (κ3) is 29.8. The Morgan fingerprint density at radius 3 is 2.04 bits per heavy atom. The van der Waals surface area contributed by atoms with Gasteiger partial charge in [-0.15, -0.1) is 0 Å². The molecule has 2 unspecified atom stereocenters. The quantitative estimate of drug-likeness (QED) is 0.0208. The predicted octanol–water partition coefficient (Wildman–Crippen LogP) is -3.55. The fraction of sp³-hybridized carbons (Fsp3) is 0.698. The van der Waals surface area contributed by atoms with Gasteiger partial charge in [-0.2, -0.15) is 11.8 Å². The number of aliphatic carboxylic acids is 1. The lowest BCUT2D eigenvalue weighted by atomic mass is 9.95. The largest absolute Gasteiger partial charge is 0.610 e. The summed E-state index contributed by atoms with van der Waals surface area (Å²) in [7, 11) is 0. The first kappa shape index (κ1) is 75.5. The van der Waals surface area contributed by atoms with E-state index >= 15 is 0 Å². The summed E-state index contributed by atoms with van der Waals surface area (Å²) in [4.78, 5) is 154. The zero-order valence-corrected chi connectivity index (χ0v) is 50.6. The smallest absolute Gasteiger partial charge is 0.304 e. The van der Waals surface area contributed by atoms with Crippen LogP contribution in [0.5, 0.6) is 0 Å². The van der Waals surface area contributed by atoms with E-state index in [9.17, 15) is 77.4 Å². The number of carboxylic acid groups (broad SMARTS) is 1. The topological polar surface area (TPSA) is 472 Å². The summed E-state index contributed by atoms with van der Waals surface area (Å²) in [5.74, 6) is -11.2. The number of hydrogen-bond donors (Lipinski definition) is 15. The number of carbonyl (C=O) groups is 12. The number of unbranched alkanes of at least 4 members (excludes halogenated alkanes) is 3. The van der Waals surface area contributed by atoms with Crippen molar-refractivity contribution in [3.63, 3.8) is 0 Å². The van der Waals surface area contributed by atoms with E-state index < -0.39 is 163 Å². The van der Waals surface area contributed by atoms with E-state index in [1.807, 2.05) is 0 Å². The molecule has 17 N–H and O–H groups in total. The van der Waals surface area contributed by atoms with Gasteiger partial charge in [0.1, 0.15) is 29.9 Å². The minimum atomic E-state index is -2.19. The summed E-state index contributed by atoms with van der Waals surface area (Å²) in [6, 6.07) is -7.89. The minimum Gasteiger partial charge on any atom is -0.610 e. The van der Waals surface area contributed by atoms with Gasteiger partial charge in [0, 0.05) is 86.8 Å². The molecule has 0 radical (unpaired) electrons. The molecule has 0 aliphatic carbocycles. The Labute approximate surface area is 497 Å². The zero-order chi connectivity index (χ0) is 63.6. The third-order valence-corrected chi connectivity index (χ3v) is 15.8. The van der Waals surface area contributed by atoms with Crippen molar-refractivity contribution in [2.45, 2.75) is 161 Å². The molecular weight excluding hydrogens is 1140 g/mol. The van der Waals surface area contributed by atoms with Gasteiger partial charge in [-0.05, 0) is 57.3 Å². The van der Waals surface area contributed by atoms with Gasteiger partial charge in [-0.1, -0.05) is 46.6 Å². The number of hydrogen-bond acceptors (Lipinski definition) is 18. The first-order chi connectivity index (χ1) is 39.6. The third-order valence-electron chi connectivity index (χ3n) is 13.6. The van der Waals surface area contributed by atoms with Gasteiger partial charge < -0.3 is 89.2 Å². The molecule has 0 aromatic rings. The zero-order valence-electron chi connectivity index (χ0n) is 48.9. The van der Waals surface area contributed by atoms with Crippen LogP contribution in [0.4, 0.5) is 0 Å². The van der Waals surface area contributed by atoms with Gasteiger partial charge >= 0.3 is 5.97 Å². The summed E-state index contributed by atoms with van der Waals surface area (Å²) in [6.45, 7) is 12.1. The van der Waals surface area contributed by atoms with E-state index in [1.54, 1.807) is 45.5 Å². The van der Waals surface area contributed by atoms with Gasteiger partial charge in [0.25, 0.3) is 0 Å². The lowest BCUT2D eigenvalue weighted by Crippen LogP contribution is -2.60. The van der Waals surface area contributed by atoms with E-state index in [0.29, 0.717) is 63.1 Å². The second kappa shape index (κ2) is 40.7. The van der Waals surface area contributed by atoms with Crippen LogP contribution in [-0.4, -0.2) is 200 Å². The normalized spacial score (nSPS) is 17.2. The Hall–Kier alpha value is -6.54. The highest BCUT2D eigenvalue weighted by Gasteiger charge is 2.44. The number of likely N-dealkylation sites (tertiary alicyclic amines) is 1. The second-order valence-electron chi connectivity index (χ2n) is 20.5. The van der Waals surface area contributed by atoms with Crippen LogP contribution in [0.2, 0.25) is 0 Å². The molecule has 0 saturated carbocycles. The van der Waals surface area contributed by atoms with Gasteiger partial charge in [-0.25, -0.2) is 0 Å². The Morgan fingerprint density at radius 1 is 0.762 bits per heavy atom. The number of aliphatic hydroxyl groups is 3. The number of nitrogens with two attached hydrogens (primary N) is 2. The molecule has 0 spiro atoms. The average molecular weight is 1230 g/mol. The number of carbonyl (C=O) groups excluding carboxylic acids is 11. The summed E-state index contributed by atoms with van der Waals surface area (Å²) in [5.41, 5.74) is 11.5. The first-order valence-electron chi connectivity index (χ1n) is 28.0. The first-order valence-corrected chi connectivity index (χ1v) is 30.5. The number of primary amides is 2. The Morgan fingerprint density at radius 2 is 1.43 bits per heavy atom. The second-order valence-corrected chi connectivity index (χ2v) is 23.2. The van der Waals surface area contributed by atoms with Crippen molar-refractivity contribution >= 4 is 93.9 Å². The molecule has 11 amide bonds. The molecular formula is C53H90N12O17S2. The van der Waals surface area contributed by atoms with E-state index in [0.717, 1.165) is 23.5 Å². The molecule has 29 nitrogen and oxygen atoms in total. The van der Waals surface area contributed by atoms with Crippen LogP contribution in [0, 0.1) is 17.8 Å². The lowest BCUT2D eigenvalue weighted by molar-refractivity contribution is -0.143. The van der Waals surface area contributed by atoms with Crippen molar-refractivity contribution in [2.24, 2.45) is 29.2 Å². The van der Waals surface area contributed by atoms with Crippen LogP contribution in [0.15, 0.2) is 23.4 Å². The van der Waals surface area contributed by atoms with Crippen molar-refractivity contribution in [2.75, 3.05) is 56.6 Å². The predicted molar refractivity (Wildman–Crippen MR) is 311 cm³/mol. The Bertz CT molecular complexity index is 2280. The van der Waals surface area contributed by atoms with Crippen LogP contribution in [-0.2, 0) is 68.7 Å². The van der Waals surface area contributed by atoms with Crippen molar-refractivity contribution in [1.29, 1.82) is 0 Å². The Balaban J connectivity index is 3.12. The maximum atomic E-state index is 14.2. The molecule has 11 atom stereocenters. The maximum Gasteiger partial charge on any atom is 0.304 e. The molecule has 1 aliphatic heterocycles. The van der Waals surface area contributed by atoms with E-state index in [2.05, 4.69) is 54.4 Å². The van der Waals surface area contributed by atoms with Crippen molar-refractivity contribution in [3.05, 3.63) is 23.4 Å². The van der Waals surface area contributed by atoms with E-state index in [-0.39, 0.29) is 42.1 Å². The van der Waals surface area contributed by atoms with E-state index in [4.69, 9.17) is 16.6 Å². The minimum absolute atomic E-state index is 0.000178. The fourth-order valence-electron chi connectivity index (χ4n) is 8.35. The highest BCUT2D eigenvalue weighted by atomic mass is 32.2. The van der Waals surface area contributed by atoms with Gasteiger partial charge in [0.05, 0.1) is 38.2 Å². The number of rotatable bonds is 43. The molecule has 1 heterocycles. The van der Waals surface area contributed by atoms with Gasteiger partial charge in [0.15, 0.2) is 6.04 Å². The van der Waals surface area contributed by atoms with Gasteiger partial charge in [-0.3, -0.25) is 57.5 Å². The molecule has 476 valence electrons. The summed E-state index contributed by atoms with van der Waals surface area (Å²) in [6.07, 6.45) is 2.01. The number of aliphatic hydroxyl groups excluding tert-OH is 3. The molecule has 1 aliphatic rings.